The standard InChI is InChI=1S/C12H11F3N2O5/c13-12(14,15)7-3-9(17(20)21)8(16-11(18)19)4-10(7)22-5-6-1-2-6/h3-4,6,16H,1-2,5H2,(H,18,19). The lowest BCUT2D eigenvalue weighted by Crippen LogP contribution is -2.14. The molecular formula is C12H11F3N2O5. The Morgan fingerprint density at radius 3 is 2.55 bits per heavy atom. The number of nitrogens with one attached hydrogen (secondary N) is 1. The van der Waals surface area contributed by atoms with Crippen LogP contribution in [0.4, 0.5) is 29.3 Å². The van der Waals surface area contributed by atoms with Gasteiger partial charge in [0, 0.05) is 12.1 Å². The van der Waals surface area contributed by atoms with Gasteiger partial charge in [0.2, 0.25) is 0 Å². The van der Waals surface area contributed by atoms with Gasteiger partial charge >= 0.3 is 12.3 Å². The normalized spacial score (nSPS) is 14.5. The van der Waals surface area contributed by atoms with Gasteiger partial charge < -0.3 is 9.84 Å². The van der Waals surface area contributed by atoms with Crippen molar-refractivity contribution in [3.8, 4) is 5.75 Å². The summed E-state index contributed by atoms with van der Waals surface area (Å²) in [5.74, 6) is -0.471. The van der Waals surface area contributed by atoms with E-state index in [0.717, 1.165) is 12.8 Å². The fourth-order valence-electron chi connectivity index (χ4n) is 1.77. The van der Waals surface area contributed by atoms with Crippen LogP contribution >= 0.6 is 0 Å². The van der Waals surface area contributed by atoms with Crippen molar-refractivity contribution in [2.24, 2.45) is 5.92 Å². The molecule has 0 heterocycles. The van der Waals surface area contributed by atoms with Gasteiger partial charge in [0.1, 0.15) is 17.0 Å². The fourth-order valence-corrected chi connectivity index (χ4v) is 1.77. The molecule has 1 saturated carbocycles. The number of ether oxygens (including phenoxy) is 1. The lowest BCUT2D eigenvalue weighted by molar-refractivity contribution is -0.384. The Labute approximate surface area is 121 Å². The molecule has 0 aliphatic heterocycles. The highest BCUT2D eigenvalue weighted by molar-refractivity contribution is 5.87. The van der Waals surface area contributed by atoms with E-state index in [0.29, 0.717) is 6.07 Å². The van der Waals surface area contributed by atoms with Crippen molar-refractivity contribution in [1.82, 2.24) is 0 Å². The molecule has 1 aromatic rings. The summed E-state index contributed by atoms with van der Waals surface area (Å²) in [5.41, 5.74) is -2.87. The molecule has 1 aliphatic carbocycles. The van der Waals surface area contributed by atoms with Gasteiger partial charge in [-0.25, -0.2) is 4.79 Å². The van der Waals surface area contributed by atoms with E-state index in [2.05, 4.69) is 0 Å². The molecule has 22 heavy (non-hydrogen) atoms. The minimum Gasteiger partial charge on any atom is -0.493 e. The van der Waals surface area contributed by atoms with Gasteiger partial charge in [0.05, 0.1) is 11.5 Å². The highest BCUT2D eigenvalue weighted by atomic mass is 19.4. The minimum atomic E-state index is -4.86. The van der Waals surface area contributed by atoms with E-state index in [-0.39, 0.29) is 18.6 Å². The number of nitro benzene ring substituents is 1. The van der Waals surface area contributed by atoms with Crippen LogP contribution in [0.25, 0.3) is 0 Å². The van der Waals surface area contributed by atoms with E-state index in [4.69, 9.17) is 9.84 Å². The summed E-state index contributed by atoms with van der Waals surface area (Å²) >= 11 is 0. The van der Waals surface area contributed by atoms with Crippen molar-refractivity contribution in [2.75, 3.05) is 11.9 Å². The Morgan fingerprint density at radius 1 is 1.45 bits per heavy atom. The second-order valence-corrected chi connectivity index (χ2v) is 4.80. The maximum Gasteiger partial charge on any atom is 0.420 e. The van der Waals surface area contributed by atoms with E-state index in [1.807, 2.05) is 0 Å². The Kier molecular flexibility index (Phi) is 4.11. The third-order valence-corrected chi connectivity index (χ3v) is 3.01. The van der Waals surface area contributed by atoms with Crippen LogP contribution in [0, 0.1) is 16.0 Å². The first-order valence-corrected chi connectivity index (χ1v) is 6.21. The number of carboxylic acid groups (broad SMARTS) is 1. The van der Waals surface area contributed by atoms with Crippen LogP contribution in [0.2, 0.25) is 0 Å². The zero-order valence-corrected chi connectivity index (χ0v) is 11.0. The van der Waals surface area contributed by atoms with Crippen molar-refractivity contribution >= 4 is 17.5 Å². The minimum absolute atomic E-state index is 0.0490. The number of hydrogen-bond donors (Lipinski definition) is 2. The Balaban J connectivity index is 2.46. The lowest BCUT2D eigenvalue weighted by atomic mass is 10.1. The number of benzene rings is 1. The third kappa shape index (κ3) is 3.77. The molecular weight excluding hydrogens is 309 g/mol. The first-order chi connectivity index (χ1) is 10.2. The second kappa shape index (κ2) is 5.70. The number of carbonyl (C=O) groups is 1. The van der Waals surface area contributed by atoms with Crippen molar-refractivity contribution in [1.29, 1.82) is 0 Å². The summed E-state index contributed by atoms with van der Waals surface area (Å²) in [6.07, 6.45) is -4.80. The van der Waals surface area contributed by atoms with E-state index in [1.54, 1.807) is 5.32 Å². The molecule has 0 radical (unpaired) electrons. The van der Waals surface area contributed by atoms with E-state index in [1.165, 1.54) is 0 Å². The van der Waals surface area contributed by atoms with Crippen molar-refractivity contribution < 1.29 is 32.7 Å². The maximum atomic E-state index is 13.0. The quantitative estimate of drug-likeness (QED) is 0.638. The van der Waals surface area contributed by atoms with Gasteiger partial charge in [-0.2, -0.15) is 13.2 Å². The summed E-state index contributed by atoms with van der Waals surface area (Å²) < 4.78 is 44.0. The molecule has 2 N–H and O–H groups in total. The zero-order valence-electron chi connectivity index (χ0n) is 11.0. The molecule has 10 heteroatoms. The molecule has 0 aromatic heterocycles. The highest BCUT2D eigenvalue weighted by Gasteiger charge is 2.38. The van der Waals surface area contributed by atoms with Gasteiger partial charge in [0.25, 0.3) is 5.69 Å². The lowest BCUT2D eigenvalue weighted by Gasteiger charge is -2.15. The summed E-state index contributed by atoms with van der Waals surface area (Å²) in [5, 5.41) is 21.2. The molecule has 0 bridgehead atoms. The van der Waals surface area contributed by atoms with Crippen LogP contribution < -0.4 is 10.1 Å². The third-order valence-electron chi connectivity index (χ3n) is 3.01. The van der Waals surface area contributed by atoms with Gasteiger partial charge in [-0.1, -0.05) is 0 Å². The first kappa shape index (κ1) is 15.9. The fraction of sp³-hybridized carbons (Fsp3) is 0.417. The van der Waals surface area contributed by atoms with Gasteiger partial charge in [-0.15, -0.1) is 0 Å². The highest BCUT2D eigenvalue weighted by Crippen LogP contribution is 2.42. The number of alkyl halides is 3. The van der Waals surface area contributed by atoms with Crippen LogP contribution in [-0.2, 0) is 6.18 Å². The molecule has 7 nitrogen and oxygen atoms in total. The molecule has 1 aliphatic rings. The van der Waals surface area contributed by atoms with Crippen LogP contribution in [-0.4, -0.2) is 22.7 Å². The predicted molar refractivity (Wildman–Crippen MR) is 68.0 cm³/mol. The topological polar surface area (TPSA) is 102 Å². The van der Waals surface area contributed by atoms with E-state index in [9.17, 15) is 28.1 Å². The molecule has 2 rings (SSSR count). The van der Waals surface area contributed by atoms with E-state index >= 15 is 0 Å². The Morgan fingerprint density at radius 2 is 2.09 bits per heavy atom. The number of hydrogen-bond acceptors (Lipinski definition) is 4. The monoisotopic (exact) mass is 320 g/mol. The molecule has 0 atom stereocenters. The average molecular weight is 320 g/mol. The molecule has 1 amide bonds. The zero-order chi connectivity index (χ0) is 16.5. The molecule has 0 saturated heterocycles. The van der Waals surface area contributed by atoms with Crippen LogP contribution in [0.3, 0.4) is 0 Å². The van der Waals surface area contributed by atoms with Crippen molar-refractivity contribution in [3.05, 3.63) is 27.8 Å². The number of nitrogens with zero attached hydrogens (tertiary/aromatic N) is 1. The molecule has 1 aromatic carbocycles. The second-order valence-electron chi connectivity index (χ2n) is 4.80. The van der Waals surface area contributed by atoms with E-state index < -0.39 is 39.9 Å². The molecule has 0 unspecified atom stereocenters. The Bertz CT molecular complexity index is 614. The predicted octanol–water partition coefficient (Wildman–Crippen LogP) is 3.49. The van der Waals surface area contributed by atoms with Gasteiger partial charge in [-0.3, -0.25) is 15.4 Å². The number of anilines is 1. The summed E-state index contributed by atoms with van der Waals surface area (Å²) in [7, 11) is 0. The number of amides is 1. The maximum absolute atomic E-state index is 13.0. The van der Waals surface area contributed by atoms with Crippen LogP contribution in [0.15, 0.2) is 12.1 Å². The summed E-state index contributed by atoms with van der Waals surface area (Å²) in [6.45, 7) is 0.0490. The molecule has 1 fully saturated rings. The summed E-state index contributed by atoms with van der Waals surface area (Å²) in [4.78, 5) is 20.4. The number of halogens is 3. The van der Waals surface area contributed by atoms with Gasteiger partial charge in [-0.05, 0) is 18.8 Å². The average Bonchev–Trinajstić information content (AvgIpc) is 3.17. The smallest absolute Gasteiger partial charge is 0.420 e. The van der Waals surface area contributed by atoms with Crippen LogP contribution in [0.1, 0.15) is 18.4 Å². The largest absolute Gasteiger partial charge is 0.493 e. The number of nitro groups is 1. The van der Waals surface area contributed by atoms with Gasteiger partial charge in [0.15, 0.2) is 0 Å². The van der Waals surface area contributed by atoms with Crippen molar-refractivity contribution in [3.63, 3.8) is 0 Å². The molecule has 120 valence electrons. The first-order valence-electron chi connectivity index (χ1n) is 6.21. The van der Waals surface area contributed by atoms with Crippen molar-refractivity contribution in [2.45, 2.75) is 19.0 Å². The SMILES string of the molecule is O=C(O)Nc1cc(OCC2CC2)c(C(F)(F)F)cc1[N+](=O)[O-]. The summed E-state index contributed by atoms with van der Waals surface area (Å²) in [6, 6.07) is 0.963. The van der Waals surface area contributed by atoms with Crippen LogP contribution in [0.5, 0.6) is 5.75 Å². The molecule has 0 spiro atoms. The number of rotatable bonds is 5. The Hall–Kier alpha value is -2.52.